The Labute approximate surface area is 373 Å². The van der Waals surface area contributed by atoms with Crippen molar-refractivity contribution in [2.24, 2.45) is 0 Å². The molecule has 2 heteroatoms. The maximum Gasteiger partial charge on any atom is 0.0541 e. The number of hydrogen-bond donors (Lipinski definition) is 0. The van der Waals surface area contributed by atoms with E-state index in [0.717, 1.165) is 22.7 Å². The Morgan fingerprint density at radius 1 is 0.250 bits per heavy atom. The molecule has 1 aromatic heterocycles. The molecule has 0 radical (unpaired) electrons. The summed E-state index contributed by atoms with van der Waals surface area (Å²) in [6, 6.07) is 92.6. The second-order valence-corrected chi connectivity index (χ2v) is 16.6. The van der Waals surface area contributed by atoms with Gasteiger partial charge >= 0.3 is 0 Å². The highest BCUT2D eigenvalue weighted by Crippen LogP contribution is 2.40. The largest absolute Gasteiger partial charge is 0.311 e. The van der Waals surface area contributed by atoms with Crippen molar-refractivity contribution in [1.82, 2.24) is 4.57 Å². The van der Waals surface area contributed by atoms with E-state index < -0.39 is 0 Å². The van der Waals surface area contributed by atoms with E-state index in [0.29, 0.717) is 0 Å². The van der Waals surface area contributed by atoms with Gasteiger partial charge in [0, 0.05) is 33.5 Å². The third-order valence-electron chi connectivity index (χ3n) is 12.8. The van der Waals surface area contributed by atoms with Crippen LogP contribution in [0, 0.1) is 0 Å². The molecule has 0 unspecified atom stereocenters. The van der Waals surface area contributed by atoms with Crippen LogP contribution in [0.2, 0.25) is 0 Å². The minimum atomic E-state index is 1.09. The van der Waals surface area contributed by atoms with Gasteiger partial charge in [-0.25, -0.2) is 0 Å². The highest BCUT2D eigenvalue weighted by atomic mass is 15.1. The van der Waals surface area contributed by atoms with Gasteiger partial charge < -0.3 is 9.47 Å². The lowest BCUT2D eigenvalue weighted by molar-refractivity contribution is 1.17. The summed E-state index contributed by atoms with van der Waals surface area (Å²) in [6.45, 7) is 0. The van der Waals surface area contributed by atoms with E-state index in [9.17, 15) is 0 Å². The fourth-order valence-electron chi connectivity index (χ4n) is 9.57. The Morgan fingerprint density at radius 2 is 0.672 bits per heavy atom. The molecular formula is C62H42N2. The van der Waals surface area contributed by atoms with Crippen LogP contribution in [0.25, 0.3) is 93.5 Å². The van der Waals surface area contributed by atoms with Crippen LogP contribution in [0.1, 0.15) is 0 Å². The number of hydrogen-bond acceptors (Lipinski definition) is 1. The topological polar surface area (TPSA) is 8.17 Å². The molecular weight excluding hydrogens is 773 g/mol. The molecule has 0 saturated carbocycles. The molecule has 0 atom stereocenters. The van der Waals surface area contributed by atoms with Crippen molar-refractivity contribution in [1.29, 1.82) is 0 Å². The van der Waals surface area contributed by atoms with Gasteiger partial charge in [0.15, 0.2) is 0 Å². The number of para-hydroxylation sites is 2. The van der Waals surface area contributed by atoms with Gasteiger partial charge in [0.2, 0.25) is 0 Å². The second kappa shape index (κ2) is 15.8. The van der Waals surface area contributed by atoms with Crippen LogP contribution in [-0.4, -0.2) is 4.57 Å². The molecule has 0 N–H and O–H groups in total. The van der Waals surface area contributed by atoms with Crippen LogP contribution < -0.4 is 4.90 Å². The monoisotopic (exact) mass is 814 g/mol. The van der Waals surface area contributed by atoms with Crippen molar-refractivity contribution in [2.75, 3.05) is 4.90 Å². The highest BCUT2D eigenvalue weighted by Gasteiger charge is 2.16. The molecule has 2 nitrogen and oxygen atoms in total. The van der Waals surface area contributed by atoms with E-state index in [1.807, 2.05) is 0 Å². The number of anilines is 3. The van der Waals surface area contributed by atoms with E-state index in [2.05, 4.69) is 264 Å². The first-order valence-corrected chi connectivity index (χ1v) is 22.0. The van der Waals surface area contributed by atoms with Gasteiger partial charge in [-0.1, -0.05) is 182 Å². The molecule has 0 saturated heterocycles. The van der Waals surface area contributed by atoms with Gasteiger partial charge in [-0.3, -0.25) is 0 Å². The van der Waals surface area contributed by atoms with Crippen molar-refractivity contribution in [3.05, 3.63) is 255 Å². The van der Waals surface area contributed by atoms with E-state index in [-0.39, 0.29) is 0 Å². The first-order chi connectivity index (χ1) is 31.7. The molecule has 0 aliphatic carbocycles. The number of benzene rings is 11. The third-order valence-corrected chi connectivity index (χ3v) is 12.8. The van der Waals surface area contributed by atoms with Crippen LogP contribution in [0.3, 0.4) is 0 Å². The van der Waals surface area contributed by atoms with Crippen molar-refractivity contribution in [2.45, 2.75) is 0 Å². The van der Waals surface area contributed by atoms with E-state index >= 15 is 0 Å². The van der Waals surface area contributed by atoms with Gasteiger partial charge in [0.25, 0.3) is 0 Å². The number of fused-ring (bicyclic) bond motifs is 5. The average molecular weight is 815 g/mol. The molecule has 1 heterocycles. The van der Waals surface area contributed by atoms with E-state index in [4.69, 9.17) is 0 Å². The van der Waals surface area contributed by atoms with E-state index in [1.165, 1.54) is 87.9 Å². The molecule has 0 spiro atoms. The van der Waals surface area contributed by atoms with Crippen molar-refractivity contribution in [3.63, 3.8) is 0 Å². The smallest absolute Gasteiger partial charge is 0.0541 e. The second-order valence-electron chi connectivity index (χ2n) is 16.6. The third kappa shape index (κ3) is 6.70. The van der Waals surface area contributed by atoms with Gasteiger partial charge in [-0.15, -0.1) is 0 Å². The molecule has 0 bridgehead atoms. The zero-order valence-electron chi connectivity index (χ0n) is 35.1. The molecule has 0 amide bonds. The van der Waals surface area contributed by atoms with Crippen molar-refractivity contribution >= 4 is 60.4 Å². The summed E-state index contributed by atoms with van der Waals surface area (Å²) < 4.78 is 2.38. The number of aromatic nitrogens is 1. The van der Waals surface area contributed by atoms with Crippen LogP contribution in [0.4, 0.5) is 17.1 Å². The van der Waals surface area contributed by atoms with E-state index in [1.54, 1.807) is 0 Å². The summed E-state index contributed by atoms with van der Waals surface area (Å²) in [5, 5.41) is 7.55. The van der Waals surface area contributed by atoms with Crippen LogP contribution in [0.15, 0.2) is 255 Å². The number of nitrogens with zero attached hydrogens (tertiary/aromatic N) is 2. The molecule has 0 aliphatic rings. The van der Waals surface area contributed by atoms with Gasteiger partial charge in [-0.05, 0) is 139 Å². The minimum Gasteiger partial charge on any atom is -0.311 e. The summed E-state index contributed by atoms with van der Waals surface area (Å²) in [7, 11) is 0. The SMILES string of the molecule is c1cc(-c2ccc(N(c3ccc(-c4ccc(-c5ccc6ccccc6c5)cc4)cc3)c3ccc(-n4c5ccccc5c5ccccc54)cc3)cc2)cc(-c2cccc3ccccc23)c1. The maximum atomic E-state index is 2.38. The van der Waals surface area contributed by atoms with Crippen LogP contribution >= 0.6 is 0 Å². The van der Waals surface area contributed by atoms with Crippen LogP contribution in [0.5, 0.6) is 0 Å². The van der Waals surface area contributed by atoms with Gasteiger partial charge in [0.05, 0.1) is 11.0 Å². The molecule has 64 heavy (non-hydrogen) atoms. The molecule has 12 aromatic rings. The lowest BCUT2D eigenvalue weighted by Gasteiger charge is -2.26. The Bertz CT molecular complexity index is 3580. The van der Waals surface area contributed by atoms with Crippen molar-refractivity contribution in [3.8, 4) is 50.2 Å². The summed E-state index contributed by atoms with van der Waals surface area (Å²) in [5.41, 5.74) is 16.4. The average Bonchev–Trinajstić information content (AvgIpc) is 3.71. The zero-order chi connectivity index (χ0) is 42.4. The van der Waals surface area contributed by atoms with Gasteiger partial charge in [-0.2, -0.15) is 0 Å². The van der Waals surface area contributed by atoms with Crippen molar-refractivity contribution < 1.29 is 0 Å². The quantitative estimate of drug-likeness (QED) is 0.148. The Kier molecular flexibility index (Phi) is 9.20. The number of rotatable bonds is 8. The standard InChI is InChI=1S/C62H42N2/c1-2-13-49-41-51(28-27-43(49)11-1)46-25-23-44(24-26-46)45-29-33-53(34-30-45)63(55-37-39-56(40-38-55)64-61-21-7-5-18-59(61)60-19-6-8-22-62(60)64)54-35-31-47(32-36-54)50-15-9-16-52(42-50)58-20-10-14-48-12-3-4-17-57(48)58/h1-42H. The maximum absolute atomic E-state index is 2.38. The normalized spacial score (nSPS) is 11.4. The zero-order valence-corrected chi connectivity index (χ0v) is 35.1. The predicted octanol–water partition coefficient (Wildman–Crippen LogP) is 17.2. The summed E-state index contributed by atoms with van der Waals surface area (Å²) >= 11 is 0. The summed E-state index contributed by atoms with van der Waals surface area (Å²) in [6.07, 6.45) is 0. The first kappa shape index (κ1) is 37.3. The minimum absolute atomic E-state index is 1.09. The Hall–Kier alpha value is -8.46. The van der Waals surface area contributed by atoms with Gasteiger partial charge in [0.1, 0.15) is 0 Å². The fourth-order valence-corrected chi connectivity index (χ4v) is 9.57. The summed E-state index contributed by atoms with van der Waals surface area (Å²) in [4.78, 5) is 2.36. The molecule has 12 rings (SSSR count). The molecule has 0 fully saturated rings. The first-order valence-electron chi connectivity index (χ1n) is 22.0. The van der Waals surface area contributed by atoms with Crippen LogP contribution in [-0.2, 0) is 0 Å². The molecule has 0 aliphatic heterocycles. The predicted molar refractivity (Wildman–Crippen MR) is 272 cm³/mol. The Balaban J connectivity index is 0.898. The highest BCUT2D eigenvalue weighted by molar-refractivity contribution is 6.09. The molecule has 11 aromatic carbocycles. The Morgan fingerprint density at radius 3 is 1.30 bits per heavy atom. The lowest BCUT2D eigenvalue weighted by Crippen LogP contribution is -2.10. The lowest BCUT2D eigenvalue weighted by atomic mass is 9.95. The molecule has 300 valence electrons. The summed E-state index contributed by atoms with van der Waals surface area (Å²) in [5.74, 6) is 0. The fraction of sp³-hybridized carbons (Fsp3) is 0.